The lowest BCUT2D eigenvalue weighted by molar-refractivity contribution is 0.247. The van der Waals surface area contributed by atoms with Crippen LogP contribution in [-0.4, -0.2) is 29.4 Å². The molecule has 1 aliphatic rings. The summed E-state index contributed by atoms with van der Waals surface area (Å²) in [4.78, 5) is 34.6. The standard InChI is InChI=1S/C11H10N4O2/c1-10(12-2)4-5-11(13-3,15-8-17)6-9(10)14-7-16/h9H,4-6H2,1H3. The molecule has 0 aromatic heterocycles. The summed E-state index contributed by atoms with van der Waals surface area (Å²) in [6.45, 7) is 15.9. The van der Waals surface area contributed by atoms with Crippen molar-refractivity contribution >= 4 is 12.2 Å². The van der Waals surface area contributed by atoms with E-state index in [1.54, 1.807) is 6.92 Å². The van der Waals surface area contributed by atoms with Crippen molar-refractivity contribution in [2.45, 2.75) is 43.4 Å². The Balaban J connectivity index is 3.14. The number of aliphatic imine (C=N–C) groups is 2. The number of isocyanates is 2. The summed E-state index contributed by atoms with van der Waals surface area (Å²) in [5.41, 5.74) is -2.05. The normalized spacial score (nSPS) is 35.6. The first-order valence-corrected chi connectivity index (χ1v) is 4.99. The Hall–Kier alpha value is -2.26. The smallest absolute Gasteiger partial charge is 0.308 e. The van der Waals surface area contributed by atoms with E-state index in [2.05, 4.69) is 19.7 Å². The Morgan fingerprint density at radius 3 is 2.41 bits per heavy atom. The number of nitrogens with zero attached hydrogens (tertiary/aromatic N) is 4. The van der Waals surface area contributed by atoms with Crippen LogP contribution in [0.3, 0.4) is 0 Å². The molecule has 3 atom stereocenters. The summed E-state index contributed by atoms with van der Waals surface area (Å²) in [5.74, 6) is 0. The maximum absolute atomic E-state index is 10.4. The molecular formula is C11H10N4O2. The van der Waals surface area contributed by atoms with Gasteiger partial charge >= 0.3 is 5.66 Å². The monoisotopic (exact) mass is 230 g/mol. The Bertz CT molecular complexity index is 491. The molecule has 0 aromatic rings. The lowest BCUT2D eigenvalue weighted by atomic mass is 9.74. The second-order valence-electron chi connectivity index (χ2n) is 4.21. The van der Waals surface area contributed by atoms with Crippen molar-refractivity contribution in [3.05, 3.63) is 22.8 Å². The average molecular weight is 230 g/mol. The fourth-order valence-electron chi connectivity index (χ4n) is 1.94. The SMILES string of the molecule is [C-]#[N+]C1(N=C=O)CCC(C)([N+]#[C-])C(N=C=O)C1. The van der Waals surface area contributed by atoms with E-state index >= 15 is 0 Å². The third-order valence-electron chi connectivity index (χ3n) is 3.20. The number of hydrogen-bond donors (Lipinski definition) is 0. The zero-order valence-corrected chi connectivity index (χ0v) is 9.30. The van der Waals surface area contributed by atoms with Crippen molar-refractivity contribution in [3.63, 3.8) is 0 Å². The Morgan fingerprint density at radius 2 is 1.94 bits per heavy atom. The Labute approximate surface area is 98.7 Å². The van der Waals surface area contributed by atoms with E-state index in [9.17, 15) is 9.59 Å². The van der Waals surface area contributed by atoms with Crippen molar-refractivity contribution in [1.82, 2.24) is 0 Å². The van der Waals surface area contributed by atoms with Crippen LogP contribution in [0, 0.1) is 13.1 Å². The van der Waals surface area contributed by atoms with Gasteiger partial charge in [-0.15, -0.1) is 4.99 Å². The predicted molar refractivity (Wildman–Crippen MR) is 58.2 cm³/mol. The lowest BCUT2D eigenvalue weighted by Crippen LogP contribution is -2.46. The molecule has 6 heteroatoms. The molecule has 0 amide bonds. The van der Waals surface area contributed by atoms with E-state index in [0.29, 0.717) is 12.8 Å². The molecule has 0 aliphatic heterocycles. The van der Waals surface area contributed by atoms with Gasteiger partial charge < -0.3 is 4.85 Å². The van der Waals surface area contributed by atoms with Gasteiger partial charge in [-0.25, -0.2) is 22.7 Å². The minimum atomic E-state index is -1.23. The van der Waals surface area contributed by atoms with Crippen LogP contribution in [0.2, 0.25) is 0 Å². The van der Waals surface area contributed by atoms with Crippen LogP contribution in [0.15, 0.2) is 9.98 Å². The molecule has 3 unspecified atom stereocenters. The van der Waals surface area contributed by atoms with Crippen LogP contribution >= 0.6 is 0 Å². The third kappa shape index (κ3) is 2.29. The summed E-state index contributed by atoms with van der Waals surface area (Å²) in [6.07, 6.45) is 3.55. The first kappa shape index (κ1) is 12.8. The van der Waals surface area contributed by atoms with Gasteiger partial charge in [0, 0.05) is 13.3 Å². The fraction of sp³-hybridized carbons (Fsp3) is 0.636. The summed E-state index contributed by atoms with van der Waals surface area (Å²) in [7, 11) is 0. The van der Waals surface area contributed by atoms with Crippen LogP contribution in [-0.2, 0) is 9.59 Å². The van der Waals surface area contributed by atoms with Gasteiger partial charge in [-0.2, -0.15) is 4.99 Å². The van der Waals surface area contributed by atoms with Crippen molar-refractivity contribution in [2.75, 3.05) is 0 Å². The van der Waals surface area contributed by atoms with E-state index < -0.39 is 17.2 Å². The van der Waals surface area contributed by atoms with E-state index in [1.165, 1.54) is 12.2 Å². The second kappa shape index (κ2) is 4.72. The molecule has 6 nitrogen and oxygen atoms in total. The maximum atomic E-state index is 10.4. The average Bonchev–Trinajstić information content (AvgIpc) is 2.34. The fourth-order valence-corrected chi connectivity index (χ4v) is 1.94. The molecule has 0 spiro atoms. The Morgan fingerprint density at radius 1 is 1.24 bits per heavy atom. The second-order valence-corrected chi connectivity index (χ2v) is 4.21. The molecule has 0 bridgehead atoms. The van der Waals surface area contributed by atoms with E-state index in [1.807, 2.05) is 0 Å². The van der Waals surface area contributed by atoms with Gasteiger partial charge in [0.25, 0.3) is 5.54 Å². The highest BCUT2D eigenvalue weighted by molar-refractivity contribution is 5.38. The highest BCUT2D eigenvalue weighted by Crippen LogP contribution is 2.41. The van der Waals surface area contributed by atoms with Gasteiger partial charge in [0.15, 0.2) is 0 Å². The molecular weight excluding hydrogens is 220 g/mol. The zero-order valence-electron chi connectivity index (χ0n) is 9.30. The van der Waals surface area contributed by atoms with Crippen LogP contribution in [0.1, 0.15) is 26.2 Å². The van der Waals surface area contributed by atoms with Crippen LogP contribution in [0.25, 0.3) is 9.69 Å². The van der Waals surface area contributed by atoms with Gasteiger partial charge in [-0.3, -0.25) is 4.85 Å². The molecule has 17 heavy (non-hydrogen) atoms. The van der Waals surface area contributed by atoms with Gasteiger partial charge in [0.2, 0.25) is 12.2 Å². The largest absolute Gasteiger partial charge is 0.336 e. The summed E-state index contributed by atoms with van der Waals surface area (Å²) >= 11 is 0. The summed E-state index contributed by atoms with van der Waals surface area (Å²) in [6, 6.07) is -0.655. The minimum absolute atomic E-state index is 0.0832. The van der Waals surface area contributed by atoms with Crippen LogP contribution in [0.5, 0.6) is 0 Å². The molecule has 1 saturated carbocycles. The number of rotatable bonds is 2. The zero-order chi connectivity index (χ0) is 12.9. The maximum Gasteiger partial charge on any atom is 0.336 e. The third-order valence-corrected chi connectivity index (χ3v) is 3.20. The highest BCUT2D eigenvalue weighted by atomic mass is 16.1. The van der Waals surface area contributed by atoms with Crippen LogP contribution < -0.4 is 0 Å². The highest BCUT2D eigenvalue weighted by Gasteiger charge is 2.56. The summed E-state index contributed by atoms with van der Waals surface area (Å²) < 4.78 is 0. The van der Waals surface area contributed by atoms with E-state index in [0.717, 1.165) is 0 Å². The van der Waals surface area contributed by atoms with Crippen molar-refractivity contribution in [3.8, 4) is 0 Å². The molecule has 1 aliphatic carbocycles. The van der Waals surface area contributed by atoms with Gasteiger partial charge in [0.05, 0.1) is 12.8 Å². The van der Waals surface area contributed by atoms with E-state index in [4.69, 9.17) is 13.1 Å². The van der Waals surface area contributed by atoms with Crippen LogP contribution in [0.4, 0.5) is 0 Å². The molecule has 0 aromatic carbocycles. The van der Waals surface area contributed by atoms with Gasteiger partial charge in [-0.05, 0) is 0 Å². The minimum Gasteiger partial charge on any atom is -0.308 e. The van der Waals surface area contributed by atoms with Crippen molar-refractivity contribution < 1.29 is 9.59 Å². The van der Waals surface area contributed by atoms with E-state index in [-0.39, 0.29) is 6.42 Å². The molecule has 1 rings (SSSR count). The molecule has 0 heterocycles. The van der Waals surface area contributed by atoms with Gasteiger partial charge in [0.1, 0.15) is 6.04 Å². The van der Waals surface area contributed by atoms with Gasteiger partial charge in [-0.1, -0.05) is 0 Å². The first-order chi connectivity index (χ1) is 8.05. The molecule has 0 saturated heterocycles. The molecule has 86 valence electrons. The van der Waals surface area contributed by atoms with Crippen molar-refractivity contribution in [1.29, 1.82) is 0 Å². The first-order valence-electron chi connectivity index (χ1n) is 4.99. The number of carbonyl (C=O) groups excluding carboxylic acids is 2. The summed E-state index contributed by atoms with van der Waals surface area (Å²) in [5, 5.41) is 0. The molecule has 0 radical (unpaired) electrons. The van der Waals surface area contributed by atoms with Crippen molar-refractivity contribution in [2.24, 2.45) is 9.98 Å². The number of hydrogen-bond acceptors (Lipinski definition) is 4. The molecule has 1 fully saturated rings. The Kier molecular flexibility index (Phi) is 3.55. The lowest BCUT2D eigenvalue weighted by Gasteiger charge is -2.31. The topological polar surface area (TPSA) is 67.6 Å². The quantitative estimate of drug-likeness (QED) is 0.410. The predicted octanol–water partition coefficient (Wildman–Crippen LogP) is 1.50. The molecule has 0 N–H and O–H groups in total.